The molecule has 1 aliphatic heterocycles. The first-order valence-corrected chi connectivity index (χ1v) is 9.39. The molecule has 3 heterocycles. The number of thiazole rings is 1. The van der Waals surface area contributed by atoms with Crippen LogP contribution in [0.1, 0.15) is 54.4 Å². The molecular formula is C17H24N4OS. The van der Waals surface area contributed by atoms with Crippen molar-refractivity contribution in [3.05, 3.63) is 33.8 Å². The van der Waals surface area contributed by atoms with Crippen LogP contribution in [-0.4, -0.2) is 32.0 Å². The predicted octanol–water partition coefficient (Wildman–Crippen LogP) is 3.29. The molecule has 1 saturated carbocycles. The molecule has 0 unspecified atom stereocenters. The normalized spacial score (nSPS) is 22.1. The van der Waals surface area contributed by atoms with E-state index in [1.54, 1.807) is 11.3 Å². The zero-order valence-electron chi connectivity index (χ0n) is 13.9. The van der Waals surface area contributed by atoms with Gasteiger partial charge in [-0.05, 0) is 26.7 Å². The van der Waals surface area contributed by atoms with E-state index < -0.39 is 0 Å². The van der Waals surface area contributed by atoms with Crippen molar-refractivity contribution in [1.82, 2.24) is 19.4 Å². The maximum absolute atomic E-state index is 5.86. The summed E-state index contributed by atoms with van der Waals surface area (Å²) < 4.78 is 8.21. The van der Waals surface area contributed by atoms with Crippen molar-refractivity contribution in [3.63, 3.8) is 0 Å². The van der Waals surface area contributed by atoms with E-state index in [0.717, 1.165) is 29.8 Å². The van der Waals surface area contributed by atoms with Crippen LogP contribution in [0.15, 0.2) is 11.6 Å². The molecule has 2 aromatic heterocycles. The molecule has 0 N–H and O–H groups in total. The van der Waals surface area contributed by atoms with E-state index in [1.165, 1.54) is 30.8 Å². The van der Waals surface area contributed by atoms with Gasteiger partial charge in [-0.1, -0.05) is 6.42 Å². The average Bonchev–Trinajstić information content (AvgIpc) is 3.07. The van der Waals surface area contributed by atoms with Gasteiger partial charge in [0.25, 0.3) is 0 Å². The lowest BCUT2D eigenvalue weighted by Crippen LogP contribution is -2.46. The third kappa shape index (κ3) is 2.95. The molecular weight excluding hydrogens is 308 g/mol. The molecule has 0 saturated heterocycles. The van der Waals surface area contributed by atoms with Crippen LogP contribution >= 0.6 is 11.3 Å². The minimum absolute atomic E-state index is 0.420. The maximum atomic E-state index is 5.86. The lowest BCUT2D eigenvalue weighted by Gasteiger charge is -2.43. The standard InChI is InChI=1S/C17H24N4OS/c1-12-17-18-8-16(10-22-9-14-11-23-13(2)19-14)21(17)7-6-20(12)15-4-3-5-15/h8,11-12,15H,3-7,9-10H2,1-2H3/t12-/m1/s1. The fourth-order valence-electron chi connectivity index (χ4n) is 3.64. The summed E-state index contributed by atoms with van der Waals surface area (Å²) >= 11 is 1.67. The number of imidazole rings is 1. The fourth-order valence-corrected chi connectivity index (χ4v) is 4.24. The second-order valence-electron chi connectivity index (χ2n) is 6.61. The maximum Gasteiger partial charge on any atom is 0.126 e. The Morgan fingerprint density at radius 2 is 2.17 bits per heavy atom. The highest BCUT2D eigenvalue weighted by Gasteiger charge is 2.34. The third-order valence-corrected chi connectivity index (χ3v) is 5.95. The topological polar surface area (TPSA) is 43.2 Å². The monoisotopic (exact) mass is 332 g/mol. The Morgan fingerprint density at radius 1 is 1.30 bits per heavy atom. The van der Waals surface area contributed by atoms with Crippen LogP contribution in [0.3, 0.4) is 0 Å². The summed E-state index contributed by atoms with van der Waals surface area (Å²) in [7, 11) is 0. The minimum atomic E-state index is 0.420. The summed E-state index contributed by atoms with van der Waals surface area (Å²) in [6.07, 6.45) is 6.09. The predicted molar refractivity (Wildman–Crippen MR) is 90.3 cm³/mol. The molecule has 0 spiro atoms. The van der Waals surface area contributed by atoms with Crippen molar-refractivity contribution in [3.8, 4) is 0 Å². The van der Waals surface area contributed by atoms with Crippen LogP contribution in [0.25, 0.3) is 0 Å². The van der Waals surface area contributed by atoms with E-state index in [4.69, 9.17) is 4.74 Å². The molecule has 6 heteroatoms. The van der Waals surface area contributed by atoms with Gasteiger partial charge in [0.05, 0.1) is 41.8 Å². The Morgan fingerprint density at radius 3 is 2.87 bits per heavy atom. The smallest absolute Gasteiger partial charge is 0.126 e. The number of aromatic nitrogens is 3. The van der Waals surface area contributed by atoms with Gasteiger partial charge in [-0.15, -0.1) is 11.3 Å². The molecule has 2 aromatic rings. The molecule has 23 heavy (non-hydrogen) atoms. The highest BCUT2D eigenvalue weighted by Crippen LogP contribution is 2.34. The van der Waals surface area contributed by atoms with Crippen LogP contribution in [0.2, 0.25) is 0 Å². The first-order valence-electron chi connectivity index (χ1n) is 8.51. The van der Waals surface area contributed by atoms with E-state index in [-0.39, 0.29) is 0 Å². The van der Waals surface area contributed by atoms with Gasteiger partial charge in [-0.25, -0.2) is 9.97 Å². The molecule has 4 rings (SSSR count). The number of ether oxygens (including phenoxy) is 1. The molecule has 0 aromatic carbocycles. The number of nitrogens with zero attached hydrogens (tertiary/aromatic N) is 4. The highest BCUT2D eigenvalue weighted by molar-refractivity contribution is 7.09. The number of hydrogen-bond donors (Lipinski definition) is 0. The Hall–Kier alpha value is -1.24. The van der Waals surface area contributed by atoms with E-state index >= 15 is 0 Å². The summed E-state index contributed by atoms with van der Waals surface area (Å²) in [5, 5.41) is 3.16. The van der Waals surface area contributed by atoms with Gasteiger partial charge in [0.15, 0.2) is 0 Å². The first kappa shape index (κ1) is 15.3. The second-order valence-corrected chi connectivity index (χ2v) is 7.67. The molecule has 0 radical (unpaired) electrons. The zero-order valence-corrected chi connectivity index (χ0v) is 14.7. The van der Waals surface area contributed by atoms with Gasteiger partial charge in [-0.2, -0.15) is 0 Å². The van der Waals surface area contributed by atoms with Crippen LogP contribution in [-0.2, 0) is 24.5 Å². The van der Waals surface area contributed by atoms with Gasteiger partial charge in [0.2, 0.25) is 0 Å². The average molecular weight is 332 g/mol. The summed E-state index contributed by atoms with van der Waals surface area (Å²) in [4.78, 5) is 11.8. The highest BCUT2D eigenvalue weighted by atomic mass is 32.1. The molecule has 0 bridgehead atoms. The minimum Gasteiger partial charge on any atom is -0.369 e. The van der Waals surface area contributed by atoms with Crippen LogP contribution < -0.4 is 0 Å². The van der Waals surface area contributed by atoms with Gasteiger partial charge >= 0.3 is 0 Å². The Bertz CT molecular complexity index is 676. The number of fused-ring (bicyclic) bond motifs is 1. The quantitative estimate of drug-likeness (QED) is 0.843. The lowest BCUT2D eigenvalue weighted by molar-refractivity contribution is 0.0567. The number of aryl methyl sites for hydroxylation is 1. The van der Waals surface area contributed by atoms with Crippen LogP contribution in [0, 0.1) is 6.92 Å². The molecule has 124 valence electrons. The van der Waals surface area contributed by atoms with Gasteiger partial charge < -0.3 is 9.30 Å². The Balaban J connectivity index is 1.39. The summed E-state index contributed by atoms with van der Waals surface area (Å²) in [6, 6.07) is 1.20. The molecule has 0 amide bonds. The summed E-state index contributed by atoms with van der Waals surface area (Å²) in [6.45, 7) is 7.67. The molecule has 5 nitrogen and oxygen atoms in total. The Labute approximate surface area is 141 Å². The fraction of sp³-hybridized carbons (Fsp3) is 0.647. The first-order chi connectivity index (χ1) is 11.2. The van der Waals surface area contributed by atoms with Crippen molar-refractivity contribution in [2.75, 3.05) is 6.54 Å². The van der Waals surface area contributed by atoms with Crippen molar-refractivity contribution in [2.45, 2.75) is 65.0 Å². The van der Waals surface area contributed by atoms with Gasteiger partial charge in [-0.3, -0.25) is 4.90 Å². The van der Waals surface area contributed by atoms with E-state index in [9.17, 15) is 0 Å². The van der Waals surface area contributed by atoms with Crippen LogP contribution in [0.5, 0.6) is 0 Å². The largest absolute Gasteiger partial charge is 0.369 e. The van der Waals surface area contributed by atoms with Crippen LogP contribution in [0.4, 0.5) is 0 Å². The van der Waals surface area contributed by atoms with Crippen molar-refractivity contribution in [1.29, 1.82) is 0 Å². The van der Waals surface area contributed by atoms with E-state index in [0.29, 0.717) is 19.3 Å². The second kappa shape index (κ2) is 6.34. The molecule has 1 atom stereocenters. The van der Waals surface area contributed by atoms with Crippen molar-refractivity contribution >= 4 is 11.3 Å². The van der Waals surface area contributed by atoms with Crippen molar-refractivity contribution < 1.29 is 4.74 Å². The SMILES string of the molecule is Cc1nc(COCc2cnc3n2CCN(C2CCC2)[C@@H]3C)cs1. The van der Waals surface area contributed by atoms with E-state index in [2.05, 4.69) is 31.7 Å². The summed E-state index contributed by atoms with van der Waals surface area (Å²) in [5.74, 6) is 1.20. The molecule has 1 aliphatic carbocycles. The zero-order chi connectivity index (χ0) is 15.8. The third-order valence-electron chi connectivity index (χ3n) is 5.13. The molecule has 1 fully saturated rings. The van der Waals surface area contributed by atoms with Gasteiger partial charge in [0.1, 0.15) is 5.82 Å². The lowest BCUT2D eigenvalue weighted by atomic mass is 9.90. The number of rotatable bonds is 5. The van der Waals surface area contributed by atoms with Crippen molar-refractivity contribution in [2.24, 2.45) is 0 Å². The Kier molecular flexibility index (Phi) is 4.22. The van der Waals surface area contributed by atoms with Gasteiger partial charge in [0, 0.05) is 24.5 Å². The van der Waals surface area contributed by atoms with E-state index in [1.807, 2.05) is 13.1 Å². The summed E-state index contributed by atoms with van der Waals surface area (Å²) in [5.41, 5.74) is 2.21. The number of hydrogen-bond acceptors (Lipinski definition) is 5. The molecule has 2 aliphatic rings.